The third-order valence-electron chi connectivity index (χ3n) is 3.91. The van der Waals surface area contributed by atoms with E-state index in [2.05, 4.69) is 30.8 Å². The van der Waals surface area contributed by atoms with Crippen LogP contribution in [-0.4, -0.2) is 36.1 Å². The van der Waals surface area contributed by atoms with Crippen LogP contribution in [0.15, 0.2) is 54.9 Å². The highest BCUT2D eigenvalue weighted by Crippen LogP contribution is 2.18. The molecule has 0 aliphatic rings. The molecule has 0 saturated heterocycles. The maximum Gasteiger partial charge on any atom is 0.254 e. The van der Waals surface area contributed by atoms with Gasteiger partial charge in [0.15, 0.2) is 0 Å². The highest BCUT2D eigenvalue weighted by atomic mass is 16.1. The van der Waals surface area contributed by atoms with Crippen LogP contribution >= 0.6 is 0 Å². The average molecular weight is 333 g/mol. The van der Waals surface area contributed by atoms with Gasteiger partial charge >= 0.3 is 0 Å². The Kier molecular flexibility index (Phi) is 3.70. The molecule has 4 aromatic rings. The van der Waals surface area contributed by atoms with E-state index in [4.69, 9.17) is 0 Å². The molecule has 1 amide bonds. The number of fused-ring (bicyclic) bond motifs is 1. The van der Waals surface area contributed by atoms with Gasteiger partial charge in [-0.15, -0.1) is 5.10 Å². The second-order valence-corrected chi connectivity index (χ2v) is 5.61. The largest absolute Gasteiger partial charge is 0.342 e. The fourth-order valence-electron chi connectivity index (χ4n) is 2.66. The van der Waals surface area contributed by atoms with Crippen LogP contribution in [0, 0.1) is 0 Å². The maximum atomic E-state index is 12.7. The molecule has 124 valence electrons. The number of aromatic nitrogens is 6. The predicted molar refractivity (Wildman–Crippen MR) is 91.1 cm³/mol. The Balaban J connectivity index is 1.60. The molecule has 25 heavy (non-hydrogen) atoms. The van der Waals surface area contributed by atoms with Crippen molar-refractivity contribution in [2.45, 2.75) is 13.0 Å². The Morgan fingerprint density at radius 2 is 1.96 bits per heavy atom. The number of amides is 1. The van der Waals surface area contributed by atoms with E-state index in [9.17, 15) is 4.79 Å². The standard InChI is InChI=1S/C17H15N7O/c1-11(16-20-13-7-3-4-8-14(13)21-16)19-17(25)12-6-2-5-9-15(12)24-10-18-22-23-24/h2-11H,1H3,(H,19,25)(H,20,21). The van der Waals surface area contributed by atoms with Crippen molar-refractivity contribution in [1.82, 2.24) is 35.5 Å². The van der Waals surface area contributed by atoms with Crippen molar-refractivity contribution in [3.05, 3.63) is 66.2 Å². The number of H-pyrrole nitrogens is 1. The quantitative estimate of drug-likeness (QED) is 0.595. The zero-order valence-electron chi connectivity index (χ0n) is 13.4. The Hall–Kier alpha value is -3.55. The first-order chi connectivity index (χ1) is 12.2. The van der Waals surface area contributed by atoms with Crippen LogP contribution in [0.1, 0.15) is 29.1 Å². The third kappa shape index (κ3) is 2.85. The summed E-state index contributed by atoms with van der Waals surface area (Å²) >= 11 is 0. The first-order valence-electron chi connectivity index (χ1n) is 7.80. The van der Waals surface area contributed by atoms with Crippen LogP contribution in [0.3, 0.4) is 0 Å². The number of tetrazole rings is 1. The number of benzene rings is 2. The molecule has 4 rings (SSSR count). The summed E-state index contributed by atoms with van der Waals surface area (Å²) in [7, 11) is 0. The fourth-order valence-corrected chi connectivity index (χ4v) is 2.66. The number of carbonyl (C=O) groups excluding carboxylic acids is 1. The molecular weight excluding hydrogens is 318 g/mol. The van der Waals surface area contributed by atoms with Crippen LogP contribution in [0.5, 0.6) is 0 Å². The van der Waals surface area contributed by atoms with Crippen molar-refractivity contribution < 1.29 is 4.79 Å². The summed E-state index contributed by atoms with van der Waals surface area (Å²) in [6.45, 7) is 1.88. The molecule has 1 atom stereocenters. The van der Waals surface area contributed by atoms with Crippen molar-refractivity contribution in [3.63, 3.8) is 0 Å². The summed E-state index contributed by atoms with van der Waals surface area (Å²) in [5.41, 5.74) is 2.90. The normalized spacial score (nSPS) is 12.2. The Bertz CT molecular complexity index is 989. The monoisotopic (exact) mass is 333 g/mol. The van der Waals surface area contributed by atoms with Crippen LogP contribution in [0.2, 0.25) is 0 Å². The second kappa shape index (κ2) is 6.16. The molecule has 0 aliphatic carbocycles. The van der Waals surface area contributed by atoms with E-state index in [1.165, 1.54) is 11.0 Å². The second-order valence-electron chi connectivity index (χ2n) is 5.61. The van der Waals surface area contributed by atoms with Crippen molar-refractivity contribution >= 4 is 16.9 Å². The smallest absolute Gasteiger partial charge is 0.254 e. The summed E-state index contributed by atoms with van der Waals surface area (Å²) in [4.78, 5) is 20.5. The van der Waals surface area contributed by atoms with Gasteiger partial charge in [-0.3, -0.25) is 4.79 Å². The summed E-state index contributed by atoms with van der Waals surface area (Å²) in [6, 6.07) is 14.6. The molecule has 8 heteroatoms. The van der Waals surface area contributed by atoms with Gasteiger partial charge in [-0.2, -0.15) is 4.68 Å². The van der Waals surface area contributed by atoms with E-state index in [-0.39, 0.29) is 11.9 Å². The van der Waals surface area contributed by atoms with Crippen LogP contribution in [0.25, 0.3) is 16.7 Å². The lowest BCUT2D eigenvalue weighted by molar-refractivity contribution is 0.0938. The van der Waals surface area contributed by atoms with Crippen molar-refractivity contribution in [3.8, 4) is 5.69 Å². The number of rotatable bonds is 4. The number of carbonyl (C=O) groups is 1. The number of hydrogen-bond donors (Lipinski definition) is 2. The molecule has 8 nitrogen and oxygen atoms in total. The molecule has 2 aromatic carbocycles. The number of nitrogens with zero attached hydrogens (tertiary/aromatic N) is 5. The van der Waals surface area contributed by atoms with Crippen molar-refractivity contribution in [2.75, 3.05) is 0 Å². The minimum Gasteiger partial charge on any atom is -0.342 e. The van der Waals surface area contributed by atoms with E-state index < -0.39 is 0 Å². The minimum absolute atomic E-state index is 0.223. The van der Waals surface area contributed by atoms with Gasteiger partial charge in [0.1, 0.15) is 12.2 Å². The lowest BCUT2D eigenvalue weighted by Gasteiger charge is -2.13. The Labute approximate surface area is 142 Å². The molecular formula is C17H15N7O. The predicted octanol–water partition coefficient (Wildman–Crippen LogP) is 2.03. The van der Waals surface area contributed by atoms with Gasteiger partial charge in [-0.1, -0.05) is 24.3 Å². The molecule has 0 bridgehead atoms. The number of para-hydroxylation sites is 3. The zero-order valence-corrected chi connectivity index (χ0v) is 13.4. The minimum atomic E-state index is -0.276. The molecule has 2 heterocycles. The first-order valence-corrected chi connectivity index (χ1v) is 7.80. The van der Waals surface area contributed by atoms with Crippen LogP contribution < -0.4 is 5.32 Å². The number of hydrogen-bond acceptors (Lipinski definition) is 5. The van der Waals surface area contributed by atoms with E-state index in [1.807, 2.05) is 37.3 Å². The van der Waals surface area contributed by atoms with Crippen molar-refractivity contribution in [2.24, 2.45) is 0 Å². The van der Waals surface area contributed by atoms with Gasteiger partial charge in [0.05, 0.1) is 28.3 Å². The van der Waals surface area contributed by atoms with Crippen LogP contribution in [-0.2, 0) is 0 Å². The van der Waals surface area contributed by atoms with E-state index in [0.29, 0.717) is 17.1 Å². The lowest BCUT2D eigenvalue weighted by atomic mass is 10.1. The van der Waals surface area contributed by atoms with Gasteiger partial charge in [0.25, 0.3) is 5.91 Å². The SMILES string of the molecule is CC(NC(=O)c1ccccc1-n1cnnn1)c1nc2ccccc2[nH]1. The van der Waals surface area contributed by atoms with E-state index in [0.717, 1.165) is 11.0 Å². The molecule has 1 unspecified atom stereocenters. The highest BCUT2D eigenvalue weighted by molar-refractivity contribution is 5.97. The highest BCUT2D eigenvalue weighted by Gasteiger charge is 2.18. The number of nitrogens with one attached hydrogen (secondary N) is 2. The third-order valence-corrected chi connectivity index (χ3v) is 3.91. The van der Waals surface area contributed by atoms with Gasteiger partial charge in [-0.05, 0) is 41.6 Å². The first kappa shape index (κ1) is 15.0. The molecule has 2 aromatic heterocycles. The lowest BCUT2D eigenvalue weighted by Crippen LogP contribution is -2.28. The fraction of sp³-hybridized carbons (Fsp3) is 0.118. The van der Waals surface area contributed by atoms with Crippen molar-refractivity contribution in [1.29, 1.82) is 0 Å². The Morgan fingerprint density at radius 1 is 1.16 bits per heavy atom. The summed E-state index contributed by atoms with van der Waals surface area (Å²) < 4.78 is 1.46. The molecule has 0 radical (unpaired) electrons. The topological polar surface area (TPSA) is 101 Å². The average Bonchev–Trinajstić information content (AvgIpc) is 3.31. The van der Waals surface area contributed by atoms with Gasteiger partial charge < -0.3 is 10.3 Å². The summed E-state index contributed by atoms with van der Waals surface area (Å²) in [5, 5.41) is 14.0. The number of aromatic amines is 1. The molecule has 2 N–H and O–H groups in total. The molecule has 0 aliphatic heterocycles. The van der Waals surface area contributed by atoms with Gasteiger partial charge in [0.2, 0.25) is 0 Å². The molecule has 0 fully saturated rings. The van der Waals surface area contributed by atoms with Crippen LogP contribution in [0.4, 0.5) is 0 Å². The Morgan fingerprint density at radius 3 is 2.76 bits per heavy atom. The van der Waals surface area contributed by atoms with E-state index in [1.54, 1.807) is 18.2 Å². The molecule has 0 spiro atoms. The molecule has 0 saturated carbocycles. The van der Waals surface area contributed by atoms with Gasteiger partial charge in [-0.25, -0.2) is 4.98 Å². The zero-order chi connectivity index (χ0) is 17.2. The van der Waals surface area contributed by atoms with Gasteiger partial charge in [0, 0.05) is 0 Å². The maximum absolute atomic E-state index is 12.7. The number of imidazole rings is 1. The summed E-state index contributed by atoms with van der Waals surface area (Å²) in [6.07, 6.45) is 1.45. The summed E-state index contributed by atoms with van der Waals surface area (Å²) in [5.74, 6) is 0.480. The van der Waals surface area contributed by atoms with E-state index >= 15 is 0 Å².